The van der Waals surface area contributed by atoms with Crippen molar-refractivity contribution in [3.63, 3.8) is 0 Å². The third kappa shape index (κ3) is 8.86. The van der Waals surface area contributed by atoms with E-state index in [-0.39, 0.29) is 11.5 Å². The Morgan fingerprint density at radius 1 is 1.20 bits per heavy atom. The molecule has 1 atom stereocenters. The molecule has 0 aliphatic rings. The van der Waals surface area contributed by atoms with Crippen molar-refractivity contribution in [3.05, 3.63) is 27.4 Å². The fourth-order valence-electron chi connectivity index (χ4n) is 2.79. The third-order valence-corrected chi connectivity index (χ3v) is 5.68. The Bertz CT molecular complexity index is 635. The molecule has 1 N–H and O–H groups in total. The number of hydrogen-bond acceptors (Lipinski definition) is 4. The highest BCUT2D eigenvalue weighted by Gasteiger charge is 2.23. The van der Waals surface area contributed by atoms with Gasteiger partial charge in [-0.2, -0.15) is 0 Å². The van der Waals surface area contributed by atoms with E-state index < -0.39 is 0 Å². The summed E-state index contributed by atoms with van der Waals surface area (Å²) in [4.78, 5) is 26.1. The van der Waals surface area contributed by atoms with E-state index in [0.29, 0.717) is 21.7 Å². The number of aromatic amines is 1. The minimum absolute atomic E-state index is 0.153. The van der Waals surface area contributed by atoms with Crippen molar-refractivity contribution in [3.8, 4) is 0 Å². The molecule has 0 aromatic carbocycles. The molecule has 0 radical (unpaired) electrons. The number of aromatic nitrogens is 2. The van der Waals surface area contributed by atoms with Gasteiger partial charge < -0.3 is 4.57 Å². The van der Waals surface area contributed by atoms with Crippen LogP contribution in [0.2, 0.25) is 0 Å². The van der Waals surface area contributed by atoms with Gasteiger partial charge in [0.1, 0.15) is 0 Å². The second-order valence-electron chi connectivity index (χ2n) is 7.37. The van der Waals surface area contributed by atoms with Crippen molar-refractivity contribution >= 4 is 29.1 Å². The van der Waals surface area contributed by atoms with Gasteiger partial charge in [0.05, 0.1) is 0 Å². The monoisotopic (exact) mass is 384 g/mol. The van der Waals surface area contributed by atoms with Crippen LogP contribution in [-0.4, -0.2) is 20.4 Å². The molecule has 25 heavy (non-hydrogen) atoms. The van der Waals surface area contributed by atoms with Crippen LogP contribution in [0.4, 0.5) is 0 Å². The molecule has 1 aromatic heterocycles. The summed E-state index contributed by atoms with van der Waals surface area (Å²) in [5.74, 6) is 2.09. The fourth-order valence-corrected chi connectivity index (χ4v) is 4.17. The highest BCUT2D eigenvalue weighted by Crippen LogP contribution is 2.26. The van der Waals surface area contributed by atoms with Crippen LogP contribution in [0.1, 0.15) is 59.8 Å². The molecule has 0 saturated carbocycles. The molecule has 0 aliphatic heterocycles. The lowest BCUT2D eigenvalue weighted by atomic mass is 9.89. The van der Waals surface area contributed by atoms with Gasteiger partial charge in [0.25, 0.3) is 5.56 Å². The predicted molar refractivity (Wildman–Crippen MR) is 110 cm³/mol. The Hall–Kier alpha value is -0.880. The minimum Gasteiger partial charge on any atom is -0.325 e. The van der Waals surface area contributed by atoms with Gasteiger partial charge in [-0.1, -0.05) is 52.3 Å². The number of thioether (sulfide) groups is 1. The molecular formula is C19H32N2O2S2. The van der Waals surface area contributed by atoms with Crippen molar-refractivity contribution in [2.75, 3.05) is 5.75 Å². The maximum Gasteiger partial charge on any atom is 0.251 e. The molecule has 142 valence electrons. The number of carbonyl (C=O) groups is 1. The summed E-state index contributed by atoms with van der Waals surface area (Å²) in [6.07, 6.45) is 7.06. The number of carbonyl (C=O) groups excluding carboxylic acids is 1. The zero-order chi connectivity index (χ0) is 18.8. The smallest absolute Gasteiger partial charge is 0.251 e. The van der Waals surface area contributed by atoms with Gasteiger partial charge in [0.15, 0.2) is 9.89 Å². The van der Waals surface area contributed by atoms with Gasteiger partial charge >= 0.3 is 0 Å². The van der Waals surface area contributed by atoms with E-state index in [0.717, 1.165) is 44.4 Å². The van der Waals surface area contributed by atoms with Gasteiger partial charge in [0.2, 0.25) is 0 Å². The summed E-state index contributed by atoms with van der Waals surface area (Å²) < 4.78 is 2.38. The van der Waals surface area contributed by atoms with Crippen LogP contribution < -0.4 is 5.56 Å². The minimum atomic E-state index is -0.153. The zero-order valence-electron chi connectivity index (χ0n) is 15.9. The summed E-state index contributed by atoms with van der Waals surface area (Å²) in [5.41, 5.74) is -0.153. The first-order valence-corrected chi connectivity index (χ1v) is 10.7. The van der Waals surface area contributed by atoms with Gasteiger partial charge in [-0.25, -0.2) is 0 Å². The van der Waals surface area contributed by atoms with Crippen LogP contribution in [0, 0.1) is 22.5 Å². The van der Waals surface area contributed by atoms with E-state index in [4.69, 9.17) is 12.2 Å². The van der Waals surface area contributed by atoms with Crippen molar-refractivity contribution < 1.29 is 4.79 Å². The normalized spacial score (nSPS) is 12.7. The second-order valence-corrected chi connectivity index (χ2v) is 8.85. The molecule has 0 aliphatic carbocycles. The first-order valence-electron chi connectivity index (χ1n) is 9.27. The third-order valence-electron chi connectivity index (χ3n) is 4.27. The Morgan fingerprint density at radius 2 is 1.88 bits per heavy atom. The highest BCUT2D eigenvalue weighted by atomic mass is 32.2. The van der Waals surface area contributed by atoms with Crippen LogP contribution in [0.5, 0.6) is 0 Å². The summed E-state index contributed by atoms with van der Waals surface area (Å²) in [6, 6.07) is 1.50. The van der Waals surface area contributed by atoms with Crippen molar-refractivity contribution in [1.82, 2.24) is 9.55 Å². The van der Waals surface area contributed by atoms with Gasteiger partial charge in [0, 0.05) is 30.5 Å². The van der Waals surface area contributed by atoms with E-state index in [1.165, 1.54) is 17.8 Å². The first kappa shape index (κ1) is 22.2. The molecule has 0 saturated heterocycles. The Kier molecular flexibility index (Phi) is 10.4. The maximum atomic E-state index is 12.4. The topological polar surface area (TPSA) is 54.9 Å². The lowest BCUT2D eigenvalue weighted by Gasteiger charge is -2.20. The van der Waals surface area contributed by atoms with E-state index in [1.807, 2.05) is 4.57 Å². The number of H-pyrrole nitrogens is 1. The molecule has 0 bridgehead atoms. The Labute approximate surface area is 160 Å². The van der Waals surface area contributed by atoms with E-state index >= 15 is 0 Å². The zero-order valence-corrected chi connectivity index (χ0v) is 17.5. The lowest BCUT2D eigenvalue weighted by Crippen LogP contribution is -2.20. The first-order chi connectivity index (χ1) is 11.8. The van der Waals surface area contributed by atoms with E-state index in [1.54, 1.807) is 6.20 Å². The number of nitrogens with one attached hydrogen (secondary N) is 1. The molecule has 0 amide bonds. The molecular weight excluding hydrogens is 352 g/mol. The summed E-state index contributed by atoms with van der Waals surface area (Å²) >= 11 is 6.64. The average molecular weight is 385 g/mol. The standard InChI is InChI=1S/C19H32N2O2S2/c1-14(2)13-16(15(3)4)18(23)25-12-8-6-5-7-10-21-11-9-17(22)20-19(21)24/h9,11,14-16H,5-8,10,12-13H2,1-4H3,(H,20,22,24). The molecule has 1 unspecified atom stereocenters. The Balaban J connectivity index is 2.20. The summed E-state index contributed by atoms with van der Waals surface area (Å²) in [7, 11) is 0. The lowest BCUT2D eigenvalue weighted by molar-refractivity contribution is -0.116. The van der Waals surface area contributed by atoms with Crippen LogP contribution in [0.15, 0.2) is 17.1 Å². The largest absolute Gasteiger partial charge is 0.325 e. The average Bonchev–Trinajstić information content (AvgIpc) is 2.52. The van der Waals surface area contributed by atoms with Gasteiger partial charge in [-0.3, -0.25) is 14.6 Å². The van der Waals surface area contributed by atoms with E-state index in [2.05, 4.69) is 32.7 Å². The number of aryl methyl sites for hydroxylation is 1. The molecule has 1 heterocycles. The van der Waals surface area contributed by atoms with Gasteiger partial charge in [-0.05, 0) is 43.3 Å². The van der Waals surface area contributed by atoms with Crippen LogP contribution in [-0.2, 0) is 11.3 Å². The van der Waals surface area contributed by atoms with Crippen LogP contribution >= 0.6 is 24.0 Å². The fraction of sp³-hybridized carbons (Fsp3) is 0.737. The molecule has 0 spiro atoms. The predicted octanol–water partition coefficient (Wildman–Crippen LogP) is 5.04. The van der Waals surface area contributed by atoms with Crippen LogP contribution in [0.3, 0.4) is 0 Å². The maximum absolute atomic E-state index is 12.4. The molecule has 6 heteroatoms. The molecule has 1 aromatic rings. The van der Waals surface area contributed by atoms with Gasteiger partial charge in [-0.15, -0.1) is 0 Å². The molecule has 4 nitrogen and oxygen atoms in total. The number of unbranched alkanes of at least 4 members (excludes halogenated alkanes) is 3. The number of rotatable bonds is 11. The summed E-state index contributed by atoms with van der Waals surface area (Å²) in [6.45, 7) is 9.48. The SMILES string of the molecule is CC(C)CC(C(=O)SCCCCCCn1ccc(=O)[nH]c1=S)C(C)C. The van der Waals surface area contributed by atoms with Crippen molar-refractivity contribution in [1.29, 1.82) is 0 Å². The molecule has 0 fully saturated rings. The Morgan fingerprint density at radius 3 is 2.48 bits per heavy atom. The van der Waals surface area contributed by atoms with E-state index in [9.17, 15) is 9.59 Å². The highest BCUT2D eigenvalue weighted by molar-refractivity contribution is 8.13. The summed E-state index contributed by atoms with van der Waals surface area (Å²) in [5, 5.41) is 0.364. The number of nitrogens with zero attached hydrogens (tertiary/aromatic N) is 1. The quantitative estimate of drug-likeness (QED) is 0.429. The second kappa shape index (κ2) is 11.7. The number of hydrogen-bond donors (Lipinski definition) is 1. The van der Waals surface area contributed by atoms with Crippen LogP contribution in [0.25, 0.3) is 0 Å². The van der Waals surface area contributed by atoms with Crippen molar-refractivity contribution in [2.45, 2.75) is 66.3 Å². The van der Waals surface area contributed by atoms with Crippen molar-refractivity contribution in [2.24, 2.45) is 17.8 Å². The molecule has 1 rings (SSSR count).